The summed E-state index contributed by atoms with van der Waals surface area (Å²) < 4.78 is 0. The molecule has 0 amide bonds. The number of likely N-dealkylation sites (tertiary alicyclic amines) is 1. The van der Waals surface area contributed by atoms with Gasteiger partial charge in [0.1, 0.15) is 0 Å². The molecular weight excluding hydrogens is 234 g/mol. The number of nitrogens with zero attached hydrogens (tertiary/aromatic N) is 1. The second kappa shape index (κ2) is 7.04. The fourth-order valence-electron chi connectivity index (χ4n) is 3.12. The molecule has 0 aromatic heterocycles. The molecule has 1 aromatic carbocycles. The third kappa shape index (κ3) is 4.03. The van der Waals surface area contributed by atoms with E-state index >= 15 is 0 Å². The van der Waals surface area contributed by atoms with E-state index in [1.165, 1.54) is 24.9 Å². The summed E-state index contributed by atoms with van der Waals surface area (Å²) in [7, 11) is 2.03. The summed E-state index contributed by atoms with van der Waals surface area (Å²) >= 11 is 0. The van der Waals surface area contributed by atoms with Gasteiger partial charge in [0, 0.05) is 18.6 Å². The number of hydrogen-bond donors (Lipinski definition) is 2. The molecule has 0 saturated carbocycles. The van der Waals surface area contributed by atoms with Crippen LogP contribution in [0.15, 0.2) is 30.3 Å². The molecule has 1 unspecified atom stereocenters. The molecule has 0 bridgehead atoms. The van der Waals surface area contributed by atoms with Gasteiger partial charge in [-0.15, -0.1) is 0 Å². The topological polar surface area (TPSA) is 50.3 Å². The van der Waals surface area contributed by atoms with Crippen molar-refractivity contribution in [2.45, 2.75) is 38.1 Å². The third-order valence-corrected chi connectivity index (χ3v) is 4.25. The van der Waals surface area contributed by atoms with Gasteiger partial charge in [0.25, 0.3) is 0 Å². The van der Waals surface area contributed by atoms with Crippen LogP contribution in [0, 0.1) is 0 Å². The maximum Gasteiger partial charge on any atom is 0.0159 e. The minimum atomic E-state index is 0. The Bertz CT molecular complexity index is 362. The SMILES string of the molecule is CNCCN1CCC(c2ccccc2)CC1(C)C.N. The summed E-state index contributed by atoms with van der Waals surface area (Å²) in [5.74, 6) is 0.729. The molecule has 0 aliphatic carbocycles. The van der Waals surface area contributed by atoms with E-state index in [0.717, 1.165) is 19.0 Å². The Labute approximate surface area is 118 Å². The predicted octanol–water partition coefficient (Wildman–Crippen LogP) is 3.03. The largest absolute Gasteiger partial charge is 0.344 e. The van der Waals surface area contributed by atoms with Gasteiger partial charge in [-0.25, -0.2) is 0 Å². The van der Waals surface area contributed by atoms with Crippen LogP contribution in [0.5, 0.6) is 0 Å². The van der Waals surface area contributed by atoms with Gasteiger partial charge in [-0.3, -0.25) is 4.90 Å². The molecule has 1 saturated heterocycles. The Balaban J connectivity index is 0.00000180. The summed E-state index contributed by atoms with van der Waals surface area (Å²) in [6.45, 7) is 8.23. The van der Waals surface area contributed by atoms with E-state index in [9.17, 15) is 0 Å². The van der Waals surface area contributed by atoms with Crippen LogP contribution in [0.2, 0.25) is 0 Å². The first-order chi connectivity index (χ1) is 8.63. The zero-order chi connectivity index (χ0) is 13.0. The van der Waals surface area contributed by atoms with E-state index in [4.69, 9.17) is 0 Å². The van der Waals surface area contributed by atoms with Gasteiger partial charge in [-0.1, -0.05) is 30.3 Å². The quantitative estimate of drug-likeness (QED) is 0.878. The van der Waals surface area contributed by atoms with E-state index in [1.807, 2.05) is 7.05 Å². The third-order valence-electron chi connectivity index (χ3n) is 4.25. The Hall–Kier alpha value is -0.900. The van der Waals surface area contributed by atoms with Crippen LogP contribution in [0.25, 0.3) is 0 Å². The molecule has 0 radical (unpaired) electrons. The molecule has 1 aliphatic heterocycles. The first kappa shape index (κ1) is 16.2. The Morgan fingerprint density at radius 3 is 2.53 bits per heavy atom. The van der Waals surface area contributed by atoms with Crippen molar-refractivity contribution >= 4 is 0 Å². The van der Waals surface area contributed by atoms with Crippen molar-refractivity contribution in [3.05, 3.63) is 35.9 Å². The number of benzene rings is 1. The predicted molar refractivity (Wildman–Crippen MR) is 83.0 cm³/mol. The van der Waals surface area contributed by atoms with Gasteiger partial charge in [-0.05, 0) is 51.8 Å². The van der Waals surface area contributed by atoms with Crippen molar-refractivity contribution in [2.24, 2.45) is 0 Å². The smallest absolute Gasteiger partial charge is 0.0159 e. The zero-order valence-corrected chi connectivity index (χ0v) is 12.7. The first-order valence-electron chi connectivity index (χ1n) is 7.08. The van der Waals surface area contributed by atoms with Gasteiger partial charge in [0.15, 0.2) is 0 Å². The fraction of sp³-hybridized carbons (Fsp3) is 0.625. The molecule has 1 aromatic rings. The minimum Gasteiger partial charge on any atom is -0.344 e. The van der Waals surface area contributed by atoms with Gasteiger partial charge in [-0.2, -0.15) is 0 Å². The first-order valence-corrected chi connectivity index (χ1v) is 7.08. The van der Waals surface area contributed by atoms with Gasteiger partial charge in [0.2, 0.25) is 0 Å². The molecule has 108 valence electrons. The van der Waals surface area contributed by atoms with Crippen LogP contribution in [-0.2, 0) is 0 Å². The van der Waals surface area contributed by atoms with E-state index in [-0.39, 0.29) is 6.15 Å². The van der Waals surface area contributed by atoms with Crippen molar-refractivity contribution in [3.8, 4) is 0 Å². The fourth-order valence-corrected chi connectivity index (χ4v) is 3.12. The molecule has 3 heteroatoms. The van der Waals surface area contributed by atoms with E-state index in [0.29, 0.717) is 5.54 Å². The number of nitrogens with one attached hydrogen (secondary N) is 1. The zero-order valence-electron chi connectivity index (χ0n) is 12.7. The lowest BCUT2D eigenvalue weighted by Crippen LogP contribution is -2.51. The van der Waals surface area contributed by atoms with E-state index in [2.05, 4.69) is 54.4 Å². The number of piperidine rings is 1. The molecule has 4 N–H and O–H groups in total. The van der Waals surface area contributed by atoms with Crippen molar-refractivity contribution < 1.29 is 0 Å². The maximum absolute atomic E-state index is 3.25. The summed E-state index contributed by atoms with van der Waals surface area (Å²) in [4.78, 5) is 2.63. The average Bonchev–Trinajstić information content (AvgIpc) is 2.37. The lowest BCUT2D eigenvalue weighted by Gasteiger charge is -2.46. The average molecular weight is 263 g/mol. The lowest BCUT2D eigenvalue weighted by molar-refractivity contribution is 0.0670. The minimum absolute atomic E-state index is 0. The van der Waals surface area contributed by atoms with Crippen LogP contribution in [0.3, 0.4) is 0 Å². The normalized spacial score (nSPS) is 22.8. The number of likely N-dealkylation sites (N-methyl/N-ethyl adjacent to an activating group) is 1. The molecule has 2 rings (SSSR count). The van der Waals surface area contributed by atoms with E-state index in [1.54, 1.807) is 0 Å². The summed E-state index contributed by atoms with van der Waals surface area (Å²) in [5, 5.41) is 3.25. The number of hydrogen-bond acceptors (Lipinski definition) is 3. The molecule has 1 atom stereocenters. The molecular formula is C16H29N3. The van der Waals surface area contributed by atoms with Crippen LogP contribution in [0.4, 0.5) is 0 Å². The standard InChI is InChI=1S/C16H26N2.H3N/c1-16(2)13-15(14-7-5-4-6-8-14)9-11-18(16)12-10-17-3;/h4-8,15,17H,9-13H2,1-3H3;1H3. The Morgan fingerprint density at radius 1 is 1.26 bits per heavy atom. The van der Waals surface area contributed by atoms with Crippen molar-refractivity contribution in [2.75, 3.05) is 26.7 Å². The Morgan fingerprint density at radius 2 is 1.95 bits per heavy atom. The second-order valence-corrected chi connectivity index (χ2v) is 6.00. The van der Waals surface area contributed by atoms with E-state index < -0.39 is 0 Å². The highest BCUT2D eigenvalue weighted by atomic mass is 15.2. The summed E-state index contributed by atoms with van der Waals surface area (Å²) in [6.07, 6.45) is 2.55. The van der Waals surface area contributed by atoms with Crippen LogP contribution in [0.1, 0.15) is 38.2 Å². The highest BCUT2D eigenvalue weighted by molar-refractivity contribution is 5.21. The van der Waals surface area contributed by atoms with Gasteiger partial charge < -0.3 is 11.5 Å². The monoisotopic (exact) mass is 263 g/mol. The van der Waals surface area contributed by atoms with Gasteiger partial charge >= 0.3 is 0 Å². The van der Waals surface area contributed by atoms with Crippen molar-refractivity contribution in [1.29, 1.82) is 0 Å². The highest BCUT2D eigenvalue weighted by Gasteiger charge is 2.34. The number of rotatable bonds is 4. The Kier molecular flexibility index (Phi) is 5.98. The maximum atomic E-state index is 3.25. The molecule has 19 heavy (non-hydrogen) atoms. The molecule has 1 aliphatic rings. The summed E-state index contributed by atoms with van der Waals surface area (Å²) in [6, 6.07) is 11.0. The molecule has 0 spiro atoms. The second-order valence-electron chi connectivity index (χ2n) is 6.00. The lowest BCUT2D eigenvalue weighted by atomic mass is 9.79. The van der Waals surface area contributed by atoms with Crippen LogP contribution >= 0.6 is 0 Å². The molecule has 1 fully saturated rings. The van der Waals surface area contributed by atoms with Crippen LogP contribution < -0.4 is 11.5 Å². The molecule has 3 nitrogen and oxygen atoms in total. The molecule has 1 heterocycles. The van der Waals surface area contributed by atoms with Crippen LogP contribution in [-0.4, -0.2) is 37.1 Å². The highest BCUT2D eigenvalue weighted by Crippen LogP contribution is 2.37. The van der Waals surface area contributed by atoms with Gasteiger partial charge in [0.05, 0.1) is 0 Å². The van der Waals surface area contributed by atoms with Crippen molar-refractivity contribution in [3.63, 3.8) is 0 Å². The van der Waals surface area contributed by atoms with Crippen molar-refractivity contribution in [1.82, 2.24) is 16.4 Å². The summed E-state index contributed by atoms with van der Waals surface area (Å²) in [5.41, 5.74) is 1.83.